The Bertz CT molecular complexity index is 499. The molecule has 5 nitrogen and oxygen atoms in total. The molecular formula is C14H29NO4S2. The van der Waals surface area contributed by atoms with Crippen LogP contribution in [0.5, 0.6) is 0 Å². The monoisotopic (exact) mass is 339 g/mol. The normalized spacial score (nSPS) is 23.2. The zero-order valence-corrected chi connectivity index (χ0v) is 14.8. The lowest BCUT2D eigenvalue weighted by molar-refractivity contribution is 0.336. The minimum Gasteiger partial charge on any atom is -0.316 e. The third-order valence-corrected chi connectivity index (χ3v) is 7.76. The van der Waals surface area contributed by atoms with Gasteiger partial charge in [-0.25, -0.2) is 16.8 Å². The van der Waals surface area contributed by atoms with Crippen molar-refractivity contribution in [1.82, 2.24) is 5.32 Å². The third kappa shape index (κ3) is 7.10. The van der Waals surface area contributed by atoms with Crippen molar-refractivity contribution in [3.05, 3.63) is 0 Å². The Kier molecular flexibility index (Phi) is 7.64. The maximum absolute atomic E-state index is 11.9. The number of rotatable bonds is 10. The van der Waals surface area contributed by atoms with Crippen molar-refractivity contribution in [1.29, 1.82) is 0 Å². The molecule has 7 heteroatoms. The van der Waals surface area contributed by atoms with E-state index in [1.807, 2.05) is 6.92 Å². The van der Waals surface area contributed by atoms with E-state index in [4.69, 9.17) is 0 Å². The lowest BCUT2D eigenvalue weighted by atomic mass is 9.89. The Balaban J connectivity index is 2.60. The van der Waals surface area contributed by atoms with Crippen molar-refractivity contribution in [3.8, 4) is 0 Å². The fraction of sp³-hybridized carbons (Fsp3) is 1.00. The van der Waals surface area contributed by atoms with E-state index >= 15 is 0 Å². The van der Waals surface area contributed by atoms with Gasteiger partial charge in [-0.05, 0) is 50.6 Å². The van der Waals surface area contributed by atoms with Gasteiger partial charge in [-0.3, -0.25) is 0 Å². The molecule has 0 aromatic rings. The molecule has 0 amide bonds. The van der Waals surface area contributed by atoms with Gasteiger partial charge < -0.3 is 5.32 Å². The van der Waals surface area contributed by atoms with Gasteiger partial charge in [0.25, 0.3) is 0 Å². The molecule has 2 unspecified atom stereocenters. The summed E-state index contributed by atoms with van der Waals surface area (Å²) in [5.41, 5.74) is 0. The molecule has 21 heavy (non-hydrogen) atoms. The number of hydrogen-bond donors (Lipinski definition) is 1. The summed E-state index contributed by atoms with van der Waals surface area (Å²) >= 11 is 0. The van der Waals surface area contributed by atoms with Crippen LogP contribution >= 0.6 is 0 Å². The lowest BCUT2D eigenvalue weighted by Gasteiger charge is -2.23. The average molecular weight is 340 g/mol. The molecule has 1 saturated heterocycles. The van der Waals surface area contributed by atoms with E-state index in [9.17, 15) is 16.8 Å². The molecule has 0 aromatic heterocycles. The van der Waals surface area contributed by atoms with E-state index in [2.05, 4.69) is 12.2 Å². The van der Waals surface area contributed by atoms with Crippen LogP contribution < -0.4 is 5.32 Å². The highest BCUT2D eigenvalue weighted by Crippen LogP contribution is 2.28. The standard InChI is InChI=1S/C14H29NO4S2/c1-3-7-15-11-13(5-9-20(16,17)8-4-2)14-6-10-21(18,19)12-14/h13-15H,3-12H2,1-2H3. The highest BCUT2D eigenvalue weighted by atomic mass is 32.2. The molecule has 126 valence electrons. The largest absolute Gasteiger partial charge is 0.316 e. The van der Waals surface area contributed by atoms with Gasteiger partial charge >= 0.3 is 0 Å². The minimum atomic E-state index is -2.99. The van der Waals surface area contributed by atoms with Crippen LogP contribution in [0.3, 0.4) is 0 Å². The molecule has 1 N–H and O–H groups in total. The van der Waals surface area contributed by atoms with Crippen LogP contribution in [0.2, 0.25) is 0 Å². The molecule has 1 fully saturated rings. The Morgan fingerprint density at radius 1 is 1.19 bits per heavy atom. The average Bonchev–Trinajstić information content (AvgIpc) is 2.74. The molecule has 0 bridgehead atoms. The molecule has 0 aromatic carbocycles. The van der Waals surface area contributed by atoms with Crippen molar-refractivity contribution in [2.45, 2.75) is 39.5 Å². The summed E-state index contributed by atoms with van der Waals surface area (Å²) in [6.07, 6.45) is 2.90. The molecule has 1 rings (SSSR count). The molecule has 0 radical (unpaired) electrons. The summed E-state index contributed by atoms with van der Waals surface area (Å²) in [4.78, 5) is 0. The highest BCUT2D eigenvalue weighted by Gasteiger charge is 2.33. The second-order valence-corrected chi connectivity index (χ2v) is 10.6. The van der Waals surface area contributed by atoms with Gasteiger partial charge in [-0.1, -0.05) is 13.8 Å². The highest BCUT2D eigenvalue weighted by molar-refractivity contribution is 7.91. The van der Waals surface area contributed by atoms with E-state index in [0.29, 0.717) is 19.3 Å². The molecular weight excluding hydrogens is 310 g/mol. The van der Waals surface area contributed by atoms with Crippen LogP contribution in [0.1, 0.15) is 39.5 Å². The van der Waals surface area contributed by atoms with Crippen molar-refractivity contribution >= 4 is 19.7 Å². The van der Waals surface area contributed by atoms with Crippen LogP contribution in [0, 0.1) is 11.8 Å². The van der Waals surface area contributed by atoms with Gasteiger partial charge in [-0.15, -0.1) is 0 Å². The maximum atomic E-state index is 11.9. The fourth-order valence-corrected chi connectivity index (χ4v) is 6.32. The molecule has 1 aliphatic rings. The Morgan fingerprint density at radius 2 is 1.90 bits per heavy atom. The van der Waals surface area contributed by atoms with Crippen LogP contribution in [-0.2, 0) is 19.7 Å². The zero-order chi connectivity index (χ0) is 15.9. The summed E-state index contributed by atoms with van der Waals surface area (Å²) in [5.74, 6) is 1.13. The first-order valence-electron chi connectivity index (χ1n) is 7.91. The zero-order valence-electron chi connectivity index (χ0n) is 13.2. The predicted molar refractivity (Wildman–Crippen MR) is 87.0 cm³/mol. The van der Waals surface area contributed by atoms with Crippen molar-refractivity contribution in [3.63, 3.8) is 0 Å². The first-order chi connectivity index (χ1) is 9.79. The van der Waals surface area contributed by atoms with Crippen molar-refractivity contribution in [2.24, 2.45) is 11.8 Å². The fourth-order valence-electron chi connectivity index (χ4n) is 2.91. The molecule has 2 atom stereocenters. The predicted octanol–water partition coefficient (Wildman–Crippen LogP) is 1.25. The SMILES string of the molecule is CCCNCC(CCS(=O)(=O)CCC)C1CCS(=O)(=O)C1. The summed E-state index contributed by atoms with van der Waals surface area (Å²) in [6.45, 7) is 5.54. The van der Waals surface area contributed by atoms with E-state index in [-0.39, 0.29) is 34.8 Å². The second-order valence-electron chi connectivity index (χ2n) is 6.07. The lowest BCUT2D eigenvalue weighted by Crippen LogP contribution is -2.31. The quantitative estimate of drug-likeness (QED) is 0.606. The molecule has 0 aliphatic carbocycles. The number of sulfone groups is 2. The van der Waals surface area contributed by atoms with Gasteiger partial charge in [0.15, 0.2) is 9.84 Å². The summed E-state index contributed by atoms with van der Waals surface area (Å²) in [6, 6.07) is 0. The summed E-state index contributed by atoms with van der Waals surface area (Å²) in [5, 5.41) is 3.32. The minimum absolute atomic E-state index is 0.108. The van der Waals surface area contributed by atoms with Gasteiger partial charge in [0.05, 0.1) is 17.3 Å². The topological polar surface area (TPSA) is 80.3 Å². The van der Waals surface area contributed by atoms with Crippen molar-refractivity contribution < 1.29 is 16.8 Å². The first-order valence-corrected chi connectivity index (χ1v) is 11.6. The van der Waals surface area contributed by atoms with E-state index in [0.717, 1.165) is 19.5 Å². The van der Waals surface area contributed by atoms with Gasteiger partial charge in [0.2, 0.25) is 0 Å². The van der Waals surface area contributed by atoms with E-state index in [1.54, 1.807) is 0 Å². The Morgan fingerprint density at radius 3 is 2.43 bits per heavy atom. The van der Waals surface area contributed by atoms with E-state index < -0.39 is 19.7 Å². The Labute approximate surface area is 129 Å². The number of hydrogen-bond acceptors (Lipinski definition) is 5. The van der Waals surface area contributed by atoms with Gasteiger partial charge in [-0.2, -0.15) is 0 Å². The molecule has 0 saturated carbocycles. The smallest absolute Gasteiger partial charge is 0.150 e. The molecule has 1 aliphatic heterocycles. The molecule has 0 spiro atoms. The van der Waals surface area contributed by atoms with Crippen LogP contribution in [0.25, 0.3) is 0 Å². The summed E-state index contributed by atoms with van der Waals surface area (Å²) < 4.78 is 47.0. The molecule has 1 heterocycles. The second kappa shape index (κ2) is 8.48. The number of nitrogens with one attached hydrogen (secondary N) is 1. The van der Waals surface area contributed by atoms with Gasteiger partial charge in [0, 0.05) is 5.75 Å². The summed E-state index contributed by atoms with van der Waals surface area (Å²) in [7, 11) is -5.91. The van der Waals surface area contributed by atoms with E-state index in [1.165, 1.54) is 0 Å². The van der Waals surface area contributed by atoms with Crippen LogP contribution in [0.4, 0.5) is 0 Å². The van der Waals surface area contributed by atoms with Gasteiger partial charge in [0.1, 0.15) is 9.84 Å². The Hall–Kier alpha value is -0.140. The van der Waals surface area contributed by atoms with Crippen LogP contribution in [0.15, 0.2) is 0 Å². The first kappa shape index (κ1) is 18.9. The third-order valence-electron chi connectivity index (χ3n) is 4.08. The van der Waals surface area contributed by atoms with Crippen molar-refractivity contribution in [2.75, 3.05) is 36.1 Å². The van der Waals surface area contributed by atoms with Crippen LogP contribution in [-0.4, -0.2) is 52.9 Å². The maximum Gasteiger partial charge on any atom is 0.150 e.